The van der Waals surface area contributed by atoms with Gasteiger partial charge in [-0.1, -0.05) is 23.2 Å². The summed E-state index contributed by atoms with van der Waals surface area (Å²) in [5.41, 5.74) is 5.91. The molecule has 2 aromatic carbocycles. The predicted molar refractivity (Wildman–Crippen MR) is 190 cm³/mol. The molecule has 47 heavy (non-hydrogen) atoms. The number of rotatable bonds is 3. The van der Waals surface area contributed by atoms with Gasteiger partial charge in [-0.25, -0.2) is 4.79 Å². The van der Waals surface area contributed by atoms with Gasteiger partial charge in [0.1, 0.15) is 11.5 Å². The summed E-state index contributed by atoms with van der Waals surface area (Å²) in [5.74, 6) is -0.214. The van der Waals surface area contributed by atoms with E-state index in [0.29, 0.717) is 32.5 Å². The van der Waals surface area contributed by atoms with Crippen LogP contribution in [-0.4, -0.2) is 84.8 Å². The van der Waals surface area contributed by atoms with Gasteiger partial charge in [-0.05, 0) is 99.7 Å². The third-order valence-corrected chi connectivity index (χ3v) is 8.04. The number of aryl methyl sites for hydroxylation is 4. The fraction of sp³-hybridized carbons (Fsp3) is 0.394. The Morgan fingerprint density at radius 3 is 1.45 bits per heavy atom. The van der Waals surface area contributed by atoms with Crippen molar-refractivity contribution in [3.63, 3.8) is 0 Å². The molecule has 4 amide bonds. The van der Waals surface area contributed by atoms with E-state index in [0.717, 1.165) is 22.3 Å². The molecule has 0 radical (unpaired) electrons. The number of hydrogen-bond donors (Lipinski definition) is 3. The van der Waals surface area contributed by atoms with E-state index in [1.54, 1.807) is 48.1 Å². The van der Waals surface area contributed by atoms with E-state index in [2.05, 4.69) is 22.2 Å². The van der Waals surface area contributed by atoms with Gasteiger partial charge in [0, 0.05) is 55.7 Å². The molecular formula is C33H42Cl4N4O6. The average molecular weight is 733 g/mol. The van der Waals surface area contributed by atoms with E-state index in [1.807, 2.05) is 45.9 Å². The zero-order valence-electron chi connectivity index (χ0n) is 28.4. The summed E-state index contributed by atoms with van der Waals surface area (Å²) in [6.07, 6.45) is 0.941. The van der Waals surface area contributed by atoms with Crippen LogP contribution in [0, 0.1) is 27.7 Å². The molecule has 0 saturated heterocycles. The highest BCUT2D eigenvalue weighted by Gasteiger charge is 2.34. The predicted octanol–water partition coefficient (Wildman–Crippen LogP) is 7.39. The summed E-state index contributed by atoms with van der Waals surface area (Å²) in [6, 6.07) is 6.55. The van der Waals surface area contributed by atoms with Gasteiger partial charge in [-0.2, -0.15) is 0 Å². The van der Waals surface area contributed by atoms with Crippen molar-refractivity contribution in [2.75, 3.05) is 34.6 Å². The van der Waals surface area contributed by atoms with Gasteiger partial charge in [0.15, 0.2) is 0 Å². The number of hydrogen-bond acceptors (Lipinski definition) is 6. The number of carbonyl (C=O) groups excluding carboxylic acids is 4. The second-order valence-electron chi connectivity index (χ2n) is 11.1. The van der Waals surface area contributed by atoms with E-state index in [-0.39, 0.29) is 35.2 Å². The summed E-state index contributed by atoms with van der Waals surface area (Å²) >= 11 is 22.0. The van der Waals surface area contributed by atoms with Crippen molar-refractivity contribution < 1.29 is 29.0 Å². The molecule has 2 aliphatic rings. The fourth-order valence-electron chi connectivity index (χ4n) is 4.12. The van der Waals surface area contributed by atoms with Crippen LogP contribution >= 0.6 is 46.4 Å². The minimum atomic E-state index is -0.532. The van der Waals surface area contributed by atoms with Gasteiger partial charge >= 0.3 is 11.5 Å². The Morgan fingerprint density at radius 2 is 1.09 bits per heavy atom. The number of benzene rings is 2. The molecule has 3 N–H and O–H groups in total. The number of halogens is 4. The van der Waals surface area contributed by atoms with Crippen LogP contribution in [0.3, 0.4) is 0 Å². The second kappa shape index (κ2) is 18.2. The third-order valence-electron chi connectivity index (χ3n) is 7.07. The van der Waals surface area contributed by atoms with E-state index < -0.39 is 11.5 Å². The van der Waals surface area contributed by atoms with Gasteiger partial charge in [-0.15, -0.1) is 11.6 Å². The molecule has 2 aromatic rings. The monoisotopic (exact) mass is 730 g/mol. The average Bonchev–Trinajstić information content (AvgIpc) is 3.41. The molecule has 10 nitrogen and oxygen atoms in total. The normalized spacial score (nSPS) is 16.5. The maximum Gasteiger partial charge on any atom is 0.414 e. The molecule has 14 heteroatoms. The number of nitrogens with zero attached hydrogens (tertiary/aromatic N) is 2. The number of aliphatic hydroxyl groups is 1. The number of nitrogens with one attached hydrogen (secondary N) is 2. The van der Waals surface area contributed by atoms with Gasteiger partial charge in [0.05, 0.1) is 23.2 Å². The van der Waals surface area contributed by atoms with Gasteiger partial charge in [-0.3, -0.25) is 14.4 Å². The summed E-state index contributed by atoms with van der Waals surface area (Å²) in [6.45, 7) is 11.3. The second-order valence-corrected chi connectivity index (χ2v) is 12.3. The molecule has 258 valence electrons. The zero-order chi connectivity index (χ0) is 36.5. The Balaban J connectivity index is 0.000000391. The van der Waals surface area contributed by atoms with Crippen molar-refractivity contribution in [3.05, 3.63) is 79.2 Å². The van der Waals surface area contributed by atoms with Crippen LogP contribution in [0.5, 0.6) is 0 Å². The maximum atomic E-state index is 12.3. The van der Waals surface area contributed by atoms with E-state index >= 15 is 0 Å². The van der Waals surface area contributed by atoms with Crippen LogP contribution in [-0.2, 0) is 14.3 Å². The highest BCUT2D eigenvalue weighted by Crippen LogP contribution is 2.34. The van der Waals surface area contributed by atoms with Crippen LogP contribution in [0.2, 0.25) is 10.0 Å². The first-order valence-corrected chi connectivity index (χ1v) is 16.1. The molecule has 2 unspecified atom stereocenters. The van der Waals surface area contributed by atoms with Crippen molar-refractivity contribution in [1.82, 2.24) is 20.4 Å². The quantitative estimate of drug-likeness (QED) is 0.172. The number of amides is 4. The van der Waals surface area contributed by atoms with Crippen molar-refractivity contribution in [2.45, 2.75) is 53.6 Å². The number of aliphatic hydroxyl groups excluding tert-OH is 1. The largest absolute Gasteiger partial charge is 0.509 e. The Bertz CT molecular complexity index is 1590. The first-order valence-electron chi connectivity index (χ1n) is 14.2. The molecule has 4 rings (SSSR count). The van der Waals surface area contributed by atoms with Crippen molar-refractivity contribution in [1.29, 1.82) is 0 Å². The molecule has 0 aliphatic carbocycles. The lowest BCUT2D eigenvalue weighted by Gasteiger charge is -2.15. The molecular weight excluding hydrogens is 690 g/mol. The zero-order valence-corrected chi connectivity index (χ0v) is 31.4. The van der Waals surface area contributed by atoms with Gasteiger partial charge in [0.25, 0.3) is 11.8 Å². The molecule has 2 atom stereocenters. The topological polar surface area (TPSA) is 128 Å². The summed E-state index contributed by atoms with van der Waals surface area (Å²) < 4.78 is 5.37. The standard InChI is InChI=1S/C16H19ClN2O3.C13H14ClNO2.C3H6ClNO.CH3Cl/c1-8-6-11(12(17)7-9(8)2)13-14(10(3)18-15(13)20)22-16(21)19(4)5;1-6-4-9(10(14)5-7(6)2)11-12(16)8(3)15-13(11)17;1-5(2)3(4)6;1-2/h6-7,10H,1-5H3,(H,18,20);4-5,8,16H,1-3H3,(H,15,17);1-2H3;1H3. The Labute approximate surface area is 296 Å². The summed E-state index contributed by atoms with van der Waals surface area (Å²) in [5, 5.41) is 15.8. The molecule has 0 aromatic heterocycles. The number of carbonyl (C=O) groups is 4. The number of ether oxygens (including phenoxy) is 1. The summed E-state index contributed by atoms with van der Waals surface area (Å²) in [4.78, 5) is 48.3. The Hall–Kier alpha value is -3.44. The van der Waals surface area contributed by atoms with Crippen molar-refractivity contribution in [3.8, 4) is 0 Å². The van der Waals surface area contributed by atoms with Crippen LogP contribution < -0.4 is 10.6 Å². The van der Waals surface area contributed by atoms with Crippen molar-refractivity contribution in [2.24, 2.45) is 0 Å². The molecule has 0 spiro atoms. The van der Waals surface area contributed by atoms with Crippen LogP contribution in [0.25, 0.3) is 11.1 Å². The third kappa shape index (κ3) is 10.8. The van der Waals surface area contributed by atoms with Crippen molar-refractivity contribution >= 4 is 80.8 Å². The maximum absolute atomic E-state index is 12.3. The Morgan fingerprint density at radius 1 is 0.723 bits per heavy atom. The van der Waals surface area contributed by atoms with Crippen LogP contribution in [0.15, 0.2) is 35.8 Å². The minimum Gasteiger partial charge on any atom is -0.509 e. The number of alkyl halides is 1. The Kier molecular flexibility index (Phi) is 16.1. The van der Waals surface area contributed by atoms with Crippen LogP contribution in [0.4, 0.5) is 9.59 Å². The van der Waals surface area contributed by atoms with E-state index in [9.17, 15) is 24.3 Å². The SMILES string of the molecule is CCl.CN(C)C(=O)Cl.Cc1cc(Cl)c(C2=C(O)C(C)NC2=O)cc1C.Cc1cc(Cl)c(C2=C(OC(=O)N(C)C)C(C)NC2=O)cc1C. The lowest BCUT2D eigenvalue weighted by molar-refractivity contribution is -0.116. The first kappa shape index (κ1) is 41.6. The first-order chi connectivity index (χ1) is 21.8. The lowest BCUT2D eigenvalue weighted by atomic mass is 9.99. The fourth-order valence-corrected chi connectivity index (χ4v) is 4.74. The van der Waals surface area contributed by atoms with Gasteiger partial charge in [0.2, 0.25) is 0 Å². The molecule has 0 fully saturated rings. The van der Waals surface area contributed by atoms with Gasteiger partial charge < -0.3 is 30.3 Å². The smallest absolute Gasteiger partial charge is 0.414 e. The summed E-state index contributed by atoms with van der Waals surface area (Å²) in [7, 11) is 6.35. The minimum absolute atomic E-state index is 0.0557. The molecule has 0 saturated carbocycles. The highest BCUT2D eigenvalue weighted by molar-refractivity contribution is 6.62. The molecule has 0 bridgehead atoms. The molecule has 2 aliphatic heterocycles. The van der Waals surface area contributed by atoms with E-state index in [4.69, 9.17) is 39.5 Å². The van der Waals surface area contributed by atoms with E-state index in [1.165, 1.54) is 16.2 Å². The highest BCUT2D eigenvalue weighted by atomic mass is 35.5. The van der Waals surface area contributed by atoms with Crippen LogP contribution in [0.1, 0.15) is 47.2 Å². The lowest BCUT2D eigenvalue weighted by Crippen LogP contribution is -2.29. The molecule has 2 heterocycles.